The molecule has 1 aromatic carbocycles. The van der Waals surface area contributed by atoms with E-state index in [-0.39, 0.29) is 0 Å². The van der Waals surface area contributed by atoms with Crippen molar-refractivity contribution in [2.75, 3.05) is 0 Å². The molecule has 0 aliphatic heterocycles. The number of carbonyl (C=O) groups is 1. The van der Waals surface area contributed by atoms with Gasteiger partial charge in [0.1, 0.15) is 0 Å². The Bertz CT molecular complexity index is 705. The summed E-state index contributed by atoms with van der Waals surface area (Å²) in [6.45, 7) is 3.70. The fourth-order valence-electron chi connectivity index (χ4n) is 1.82. The first kappa shape index (κ1) is 14.6. The fourth-order valence-corrected chi connectivity index (χ4v) is 2.17. The summed E-state index contributed by atoms with van der Waals surface area (Å²) in [5, 5.41) is 14.0. The molecule has 4 nitrogen and oxygen atoms in total. The van der Waals surface area contributed by atoms with Crippen LogP contribution in [-0.4, -0.2) is 20.9 Å². The molecule has 0 fully saturated rings. The van der Waals surface area contributed by atoms with Crippen molar-refractivity contribution in [3.63, 3.8) is 0 Å². The lowest BCUT2D eigenvalue weighted by Crippen LogP contribution is -1.99. The molecular weight excluding hydrogens is 299 g/mol. The average Bonchev–Trinajstić information content (AvgIpc) is 2.65. The van der Waals surface area contributed by atoms with Crippen molar-refractivity contribution in [2.45, 2.75) is 13.8 Å². The number of aliphatic carboxylic acids is 1. The van der Waals surface area contributed by atoms with Crippen LogP contribution in [0.2, 0.25) is 10.0 Å². The molecule has 0 aliphatic carbocycles. The molecule has 20 heavy (non-hydrogen) atoms. The first-order chi connectivity index (χ1) is 9.40. The second-order valence-electron chi connectivity index (χ2n) is 4.27. The SMILES string of the molecule is Cc1nn(-c2ccc(/C=C/C(=O)O)c(Cl)c2)c(C)c1Cl. The van der Waals surface area contributed by atoms with Crippen molar-refractivity contribution in [2.24, 2.45) is 0 Å². The van der Waals surface area contributed by atoms with E-state index in [1.807, 2.05) is 19.9 Å². The molecule has 2 rings (SSSR count). The molecule has 0 unspecified atom stereocenters. The van der Waals surface area contributed by atoms with Gasteiger partial charge in [-0.2, -0.15) is 5.10 Å². The third-order valence-electron chi connectivity index (χ3n) is 2.84. The van der Waals surface area contributed by atoms with Crippen LogP contribution in [0.5, 0.6) is 0 Å². The van der Waals surface area contributed by atoms with E-state index >= 15 is 0 Å². The highest BCUT2D eigenvalue weighted by atomic mass is 35.5. The van der Waals surface area contributed by atoms with E-state index in [0.717, 1.165) is 23.2 Å². The molecule has 1 heterocycles. The summed E-state index contributed by atoms with van der Waals surface area (Å²) >= 11 is 12.3. The Morgan fingerprint density at radius 1 is 1.35 bits per heavy atom. The van der Waals surface area contributed by atoms with Crippen LogP contribution >= 0.6 is 23.2 Å². The number of hydrogen-bond acceptors (Lipinski definition) is 2. The highest BCUT2D eigenvalue weighted by Crippen LogP contribution is 2.26. The van der Waals surface area contributed by atoms with E-state index in [1.165, 1.54) is 6.08 Å². The van der Waals surface area contributed by atoms with E-state index < -0.39 is 5.97 Å². The maximum Gasteiger partial charge on any atom is 0.328 e. The van der Waals surface area contributed by atoms with Crippen molar-refractivity contribution in [1.29, 1.82) is 0 Å². The number of halogens is 2. The third-order valence-corrected chi connectivity index (χ3v) is 3.71. The Morgan fingerprint density at radius 2 is 2.05 bits per heavy atom. The van der Waals surface area contributed by atoms with Gasteiger partial charge in [0.2, 0.25) is 0 Å². The summed E-state index contributed by atoms with van der Waals surface area (Å²) in [7, 11) is 0. The van der Waals surface area contributed by atoms with Crippen molar-refractivity contribution >= 4 is 35.2 Å². The minimum atomic E-state index is -1.02. The van der Waals surface area contributed by atoms with Crippen LogP contribution in [0.25, 0.3) is 11.8 Å². The van der Waals surface area contributed by atoms with Gasteiger partial charge in [0.15, 0.2) is 0 Å². The van der Waals surface area contributed by atoms with E-state index in [9.17, 15) is 4.79 Å². The molecule has 0 bridgehead atoms. The number of benzene rings is 1. The van der Waals surface area contributed by atoms with Crippen molar-refractivity contribution in [3.8, 4) is 5.69 Å². The molecule has 1 N–H and O–H groups in total. The molecule has 104 valence electrons. The number of carboxylic acids is 1. The van der Waals surface area contributed by atoms with Gasteiger partial charge in [-0.15, -0.1) is 0 Å². The minimum absolute atomic E-state index is 0.448. The molecule has 0 aliphatic rings. The summed E-state index contributed by atoms with van der Waals surface area (Å²) in [5.41, 5.74) is 2.98. The first-order valence-electron chi connectivity index (χ1n) is 5.83. The Balaban J connectivity index is 2.43. The van der Waals surface area contributed by atoms with Crippen LogP contribution in [0.15, 0.2) is 24.3 Å². The van der Waals surface area contributed by atoms with E-state index in [0.29, 0.717) is 15.6 Å². The molecule has 1 aromatic heterocycles. The van der Waals surface area contributed by atoms with Crippen LogP contribution < -0.4 is 0 Å². The summed E-state index contributed by atoms with van der Waals surface area (Å²) in [4.78, 5) is 10.5. The lowest BCUT2D eigenvalue weighted by atomic mass is 10.2. The Kier molecular flexibility index (Phi) is 4.16. The second kappa shape index (κ2) is 5.69. The van der Waals surface area contributed by atoms with Crippen LogP contribution in [0, 0.1) is 13.8 Å². The summed E-state index contributed by atoms with van der Waals surface area (Å²) in [6, 6.07) is 5.27. The third kappa shape index (κ3) is 2.86. The van der Waals surface area contributed by atoms with Crippen molar-refractivity contribution in [3.05, 3.63) is 51.3 Å². The largest absolute Gasteiger partial charge is 0.478 e. The molecule has 0 radical (unpaired) electrons. The smallest absolute Gasteiger partial charge is 0.328 e. The van der Waals surface area contributed by atoms with E-state index in [4.69, 9.17) is 28.3 Å². The monoisotopic (exact) mass is 310 g/mol. The molecule has 0 spiro atoms. The van der Waals surface area contributed by atoms with Gasteiger partial charge in [0.05, 0.1) is 22.1 Å². The van der Waals surface area contributed by atoms with Gasteiger partial charge >= 0.3 is 5.97 Å². The lowest BCUT2D eigenvalue weighted by molar-refractivity contribution is -0.131. The maximum absolute atomic E-state index is 10.5. The van der Waals surface area contributed by atoms with Crippen LogP contribution in [0.4, 0.5) is 0 Å². The highest BCUT2D eigenvalue weighted by molar-refractivity contribution is 6.32. The maximum atomic E-state index is 10.5. The quantitative estimate of drug-likeness (QED) is 0.875. The predicted octanol–water partition coefficient (Wildman–Crippen LogP) is 3.89. The number of hydrogen-bond donors (Lipinski definition) is 1. The number of aryl methyl sites for hydroxylation is 1. The predicted molar refractivity (Wildman–Crippen MR) is 79.7 cm³/mol. The average molecular weight is 311 g/mol. The first-order valence-corrected chi connectivity index (χ1v) is 6.58. The Labute approximate surface area is 126 Å². The summed E-state index contributed by atoms with van der Waals surface area (Å²) in [5.74, 6) is -1.02. The minimum Gasteiger partial charge on any atom is -0.478 e. The fraction of sp³-hybridized carbons (Fsp3) is 0.143. The van der Waals surface area contributed by atoms with Crippen molar-refractivity contribution in [1.82, 2.24) is 9.78 Å². The highest BCUT2D eigenvalue weighted by Gasteiger charge is 2.11. The van der Waals surface area contributed by atoms with Crippen LogP contribution in [0.3, 0.4) is 0 Å². The molecule has 6 heteroatoms. The number of aromatic nitrogens is 2. The van der Waals surface area contributed by atoms with Gasteiger partial charge in [-0.3, -0.25) is 0 Å². The molecule has 0 amide bonds. The zero-order chi connectivity index (χ0) is 14.9. The second-order valence-corrected chi connectivity index (χ2v) is 5.06. The Hall–Kier alpha value is -1.78. The molecule has 2 aromatic rings. The lowest BCUT2D eigenvalue weighted by Gasteiger charge is -2.06. The van der Waals surface area contributed by atoms with Gasteiger partial charge in [-0.05, 0) is 37.6 Å². The van der Waals surface area contributed by atoms with Gasteiger partial charge in [0.25, 0.3) is 0 Å². The van der Waals surface area contributed by atoms with Gasteiger partial charge in [-0.25, -0.2) is 9.48 Å². The Morgan fingerprint density at radius 3 is 2.55 bits per heavy atom. The zero-order valence-corrected chi connectivity index (χ0v) is 12.4. The zero-order valence-electron chi connectivity index (χ0n) is 10.9. The van der Waals surface area contributed by atoms with Crippen molar-refractivity contribution < 1.29 is 9.90 Å². The number of carboxylic acid groups (broad SMARTS) is 1. The van der Waals surface area contributed by atoms with Gasteiger partial charge < -0.3 is 5.11 Å². The molecule has 0 saturated carbocycles. The normalized spacial score (nSPS) is 11.2. The van der Waals surface area contributed by atoms with E-state index in [2.05, 4.69) is 5.10 Å². The number of nitrogens with zero attached hydrogens (tertiary/aromatic N) is 2. The van der Waals surface area contributed by atoms with Crippen LogP contribution in [0.1, 0.15) is 17.0 Å². The standard InChI is InChI=1S/C14H12Cl2N2O2/c1-8-14(16)9(2)18(17-8)11-5-3-10(12(15)7-11)4-6-13(19)20/h3-7H,1-2H3,(H,19,20)/b6-4+. The van der Waals surface area contributed by atoms with E-state index in [1.54, 1.807) is 16.8 Å². The molecule has 0 saturated heterocycles. The topological polar surface area (TPSA) is 55.1 Å². The van der Waals surface area contributed by atoms with Crippen LogP contribution in [-0.2, 0) is 4.79 Å². The summed E-state index contributed by atoms with van der Waals surface area (Å²) < 4.78 is 1.70. The van der Waals surface area contributed by atoms with Gasteiger partial charge in [-0.1, -0.05) is 29.3 Å². The van der Waals surface area contributed by atoms with Gasteiger partial charge in [0, 0.05) is 11.1 Å². The number of rotatable bonds is 3. The summed E-state index contributed by atoms with van der Waals surface area (Å²) in [6.07, 6.45) is 2.49. The molecular formula is C14H12Cl2N2O2. The molecule has 0 atom stereocenters.